The summed E-state index contributed by atoms with van der Waals surface area (Å²) in [6.07, 6.45) is 5.40. The van der Waals surface area contributed by atoms with Crippen molar-refractivity contribution in [3.05, 3.63) is 81.2 Å². The quantitative estimate of drug-likeness (QED) is 0.0995. The van der Waals surface area contributed by atoms with E-state index >= 15 is 4.79 Å². The van der Waals surface area contributed by atoms with Gasteiger partial charge in [0.05, 0.1) is 36.3 Å². The summed E-state index contributed by atoms with van der Waals surface area (Å²) in [5.74, 6) is -5.78. The second-order valence-corrected chi connectivity index (χ2v) is 20.2. The maximum atomic E-state index is 15.2. The predicted octanol–water partition coefficient (Wildman–Crippen LogP) is 6.71. The fourth-order valence-corrected chi connectivity index (χ4v) is 12.7. The Labute approximate surface area is 375 Å². The molecule has 1 amide bonds. The molecule has 2 aliphatic heterocycles. The Morgan fingerprint density at radius 3 is 2.30 bits per heavy atom. The molecule has 348 valence electrons. The van der Waals surface area contributed by atoms with E-state index in [1.807, 2.05) is 33.8 Å². The SMILES string of the molecule is COc1cc(C)c(C(=O)NC2C(C)OC(OC3CCC(C)C4C3C=C(C)C3/C(C)=C/CC/C(C)=C/C5(C)C=C(C(=O)O)C(C)CC56OC(=O)C(=C(O)C34C)C6=O)C(O)C2(C)O)c(O)c1. The first-order valence-corrected chi connectivity index (χ1v) is 22.5. The lowest BCUT2D eigenvalue weighted by Gasteiger charge is -2.57. The van der Waals surface area contributed by atoms with Gasteiger partial charge in [-0.1, -0.05) is 61.8 Å². The largest absolute Gasteiger partial charge is 0.511 e. The second kappa shape index (κ2) is 16.6. The molecular formula is C50H65NO13. The number of aliphatic carboxylic acids is 1. The van der Waals surface area contributed by atoms with Gasteiger partial charge in [-0.15, -0.1) is 0 Å². The topological polar surface area (TPSA) is 218 Å². The molecular weight excluding hydrogens is 823 g/mol. The standard InChI is InChI=1S/C50H65NO13/c1-23-13-12-14-24(2)37-27(5)18-31-34(63-46-42(55)49(10,60)39(29(7)62-46)51-43(56)35-26(4)17-30(61-11)19-33(35)52)16-15-25(3)38(31)48(37,9)40(53)36-41(54)50(64-45(36)59)21-28(6)32(44(57)58)22-47(50,8)20-23/h14,17-20,22,25,28-29,31,34,37-39,42,46,52-53,55,60H,12-13,15-16,21H2,1-11H3,(H,51,56)(H,57,58)/b23-20+,24-14+,40-36?. The van der Waals surface area contributed by atoms with Gasteiger partial charge in [-0.05, 0) is 104 Å². The Morgan fingerprint density at radius 1 is 0.969 bits per heavy atom. The summed E-state index contributed by atoms with van der Waals surface area (Å²) >= 11 is 0. The van der Waals surface area contributed by atoms with E-state index in [9.17, 15) is 39.9 Å². The highest BCUT2D eigenvalue weighted by Crippen LogP contribution is 2.62. The number of methoxy groups -OCH3 is 1. The summed E-state index contributed by atoms with van der Waals surface area (Å²) in [4.78, 5) is 55.6. The number of aryl methyl sites for hydroxylation is 1. The van der Waals surface area contributed by atoms with E-state index in [2.05, 4.69) is 24.4 Å². The predicted molar refractivity (Wildman–Crippen MR) is 235 cm³/mol. The van der Waals surface area contributed by atoms with E-state index in [4.69, 9.17) is 18.9 Å². The Kier molecular flexibility index (Phi) is 12.2. The smallest absolute Gasteiger partial charge is 0.346 e. The van der Waals surface area contributed by atoms with Gasteiger partial charge in [0.1, 0.15) is 34.5 Å². The Bertz CT molecular complexity index is 2280. The third-order valence-corrected chi connectivity index (χ3v) is 15.7. The number of carbonyl (C=O) groups is 4. The van der Waals surface area contributed by atoms with Crippen LogP contribution < -0.4 is 10.1 Å². The first kappa shape index (κ1) is 47.2. The molecule has 6 N–H and O–H groups in total. The monoisotopic (exact) mass is 887 g/mol. The number of nitrogens with one attached hydrogen (secondary N) is 1. The van der Waals surface area contributed by atoms with Crippen molar-refractivity contribution in [1.82, 2.24) is 5.32 Å². The number of carbonyl (C=O) groups excluding carboxylic acids is 3. The number of aliphatic hydroxyl groups excluding tert-OH is 2. The van der Waals surface area contributed by atoms with Crippen molar-refractivity contribution < 1.29 is 63.7 Å². The second-order valence-electron chi connectivity index (χ2n) is 20.2. The minimum Gasteiger partial charge on any atom is -0.511 e. The van der Waals surface area contributed by atoms with Gasteiger partial charge in [0, 0.05) is 35.3 Å². The summed E-state index contributed by atoms with van der Waals surface area (Å²) in [6.45, 7) is 18.0. The number of hydrogen-bond donors (Lipinski definition) is 6. The molecule has 14 heteroatoms. The first-order chi connectivity index (χ1) is 29.8. The van der Waals surface area contributed by atoms with Crippen molar-refractivity contribution in [3.63, 3.8) is 0 Å². The van der Waals surface area contributed by atoms with E-state index in [-0.39, 0.29) is 35.0 Å². The van der Waals surface area contributed by atoms with Crippen molar-refractivity contribution >= 4 is 23.6 Å². The number of ketones is 1. The molecule has 6 aliphatic rings. The van der Waals surface area contributed by atoms with Crippen LogP contribution in [0.15, 0.2) is 70.1 Å². The van der Waals surface area contributed by atoms with E-state index < -0.39 is 106 Å². The fourth-order valence-electron chi connectivity index (χ4n) is 12.7. The Hall–Kier alpha value is -4.76. The van der Waals surface area contributed by atoms with Crippen LogP contribution in [0.5, 0.6) is 11.5 Å². The average molecular weight is 888 g/mol. The molecule has 64 heavy (non-hydrogen) atoms. The van der Waals surface area contributed by atoms with Crippen LogP contribution in [-0.2, 0) is 28.6 Å². The van der Waals surface area contributed by atoms with Gasteiger partial charge >= 0.3 is 11.9 Å². The highest BCUT2D eigenvalue weighted by atomic mass is 16.7. The Morgan fingerprint density at radius 2 is 1.66 bits per heavy atom. The summed E-state index contributed by atoms with van der Waals surface area (Å²) < 4.78 is 24.4. The third-order valence-electron chi connectivity index (χ3n) is 15.7. The van der Waals surface area contributed by atoms with Gasteiger partial charge in [0.15, 0.2) is 11.9 Å². The lowest BCUT2D eigenvalue weighted by Crippen LogP contribution is -2.70. The Balaban J connectivity index is 1.26. The highest BCUT2D eigenvalue weighted by molar-refractivity contribution is 6.26. The van der Waals surface area contributed by atoms with E-state index in [1.165, 1.54) is 20.1 Å². The number of fused-ring (bicyclic) bond motifs is 4. The molecule has 14 unspecified atom stereocenters. The number of ether oxygens (including phenoxy) is 4. The number of phenolic OH excluding ortho intramolecular Hbond substituents is 1. The van der Waals surface area contributed by atoms with E-state index in [0.717, 1.165) is 16.7 Å². The van der Waals surface area contributed by atoms with Gasteiger partial charge in [-0.2, -0.15) is 0 Å². The zero-order valence-corrected chi connectivity index (χ0v) is 38.8. The number of Topliss-reactive ketones (excluding diaryl/α,β-unsaturated/α-hetero) is 1. The number of aromatic hydroxyl groups is 1. The summed E-state index contributed by atoms with van der Waals surface area (Å²) in [7, 11) is 1.44. The minimum atomic E-state index is -1.97. The molecule has 0 radical (unpaired) electrons. The number of rotatable bonds is 6. The van der Waals surface area contributed by atoms with Crippen molar-refractivity contribution in [3.8, 4) is 11.5 Å². The van der Waals surface area contributed by atoms with Crippen molar-refractivity contribution in [2.24, 2.45) is 40.4 Å². The number of amides is 1. The molecule has 2 heterocycles. The molecule has 1 spiro atoms. The zero-order valence-electron chi connectivity index (χ0n) is 38.8. The molecule has 4 aliphatic carbocycles. The molecule has 3 fully saturated rings. The normalized spacial score (nSPS) is 41.7. The van der Waals surface area contributed by atoms with Crippen molar-refractivity contribution in [2.45, 2.75) is 143 Å². The van der Waals surface area contributed by atoms with Crippen LogP contribution in [0.2, 0.25) is 0 Å². The van der Waals surface area contributed by atoms with Crippen LogP contribution in [-0.4, -0.2) is 98.1 Å². The van der Waals surface area contributed by atoms with E-state index in [0.29, 0.717) is 37.0 Å². The maximum absolute atomic E-state index is 15.2. The molecule has 1 aromatic rings. The average Bonchev–Trinajstić information content (AvgIpc) is 3.45. The van der Waals surface area contributed by atoms with Crippen LogP contribution >= 0.6 is 0 Å². The number of carboxylic acid groups (broad SMARTS) is 1. The molecule has 1 saturated carbocycles. The van der Waals surface area contributed by atoms with Gasteiger partial charge in [-0.25, -0.2) is 9.59 Å². The lowest BCUT2D eigenvalue weighted by molar-refractivity contribution is -0.315. The number of esters is 1. The summed E-state index contributed by atoms with van der Waals surface area (Å²) in [5, 5.41) is 60.3. The van der Waals surface area contributed by atoms with E-state index in [1.54, 1.807) is 39.8 Å². The van der Waals surface area contributed by atoms with Crippen LogP contribution in [0.1, 0.15) is 110 Å². The molecule has 1 aromatic carbocycles. The summed E-state index contributed by atoms with van der Waals surface area (Å²) in [6, 6.07) is 1.78. The number of benzene rings is 1. The van der Waals surface area contributed by atoms with Crippen LogP contribution in [0.25, 0.3) is 0 Å². The van der Waals surface area contributed by atoms with Crippen molar-refractivity contribution in [1.29, 1.82) is 0 Å². The van der Waals surface area contributed by atoms with Crippen LogP contribution in [0, 0.1) is 47.3 Å². The highest BCUT2D eigenvalue weighted by Gasteiger charge is 2.67. The van der Waals surface area contributed by atoms with Gasteiger partial charge in [-0.3, -0.25) is 9.59 Å². The first-order valence-electron chi connectivity index (χ1n) is 22.5. The van der Waals surface area contributed by atoms with Crippen LogP contribution in [0.3, 0.4) is 0 Å². The molecule has 7 rings (SSSR count). The van der Waals surface area contributed by atoms with Gasteiger partial charge < -0.3 is 49.8 Å². The number of phenols is 1. The van der Waals surface area contributed by atoms with Crippen molar-refractivity contribution in [2.75, 3.05) is 7.11 Å². The molecule has 14 atom stereocenters. The third kappa shape index (κ3) is 7.32. The number of hydrogen-bond acceptors (Lipinski definition) is 12. The molecule has 2 bridgehead atoms. The van der Waals surface area contributed by atoms with Gasteiger partial charge in [0.2, 0.25) is 5.78 Å². The number of aliphatic hydroxyl groups is 3. The molecule has 0 aromatic heterocycles. The molecule has 2 saturated heterocycles. The lowest BCUT2D eigenvalue weighted by atomic mass is 9.49. The van der Waals surface area contributed by atoms with Crippen LogP contribution in [0.4, 0.5) is 0 Å². The maximum Gasteiger partial charge on any atom is 0.346 e. The van der Waals surface area contributed by atoms with Gasteiger partial charge in [0.25, 0.3) is 5.91 Å². The number of carboxylic acids is 1. The molecule has 14 nitrogen and oxygen atoms in total. The zero-order chi connectivity index (χ0) is 47.2. The fraction of sp³-hybridized carbons (Fsp3) is 0.600. The summed E-state index contributed by atoms with van der Waals surface area (Å²) in [5.41, 5.74) is -3.52. The number of allylic oxidation sites excluding steroid dienone is 5. The minimum absolute atomic E-state index is 0.0168.